The van der Waals surface area contributed by atoms with Crippen molar-refractivity contribution < 1.29 is 4.74 Å². The van der Waals surface area contributed by atoms with Gasteiger partial charge in [-0.15, -0.1) is 0 Å². The van der Waals surface area contributed by atoms with Crippen LogP contribution in [0.2, 0.25) is 5.02 Å². The molecule has 2 rings (SSSR count). The SMILES string of the molecule is NC(=S)COc1ccc(Cl)c2cccnc12. The lowest BCUT2D eigenvalue weighted by Crippen LogP contribution is -2.17. The monoisotopic (exact) mass is 252 g/mol. The van der Waals surface area contributed by atoms with Gasteiger partial charge in [0, 0.05) is 11.6 Å². The molecule has 0 unspecified atom stereocenters. The number of benzene rings is 1. The first-order chi connectivity index (χ1) is 7.68. The van der Waals surface area contributed by atoms with Crippen LogP contribution < -0.4 is 10.5 Å². The van der Waals surface area contributed by atoms with Gasteiger partial charge in [-0.05, 0) is 24.3 Å². The maximum absolute atomic E-state index is 6.05. The number of fused-ring (bicyclic) bond motifs is 1. The Morgan fingerprint density at radius 3 is 3.00 bits per heavy atom. The van der Waals surface area contributed by atoms with Gasteiger partial charge in [0.25, 0.3) is 0 Å². The second kappa shape index (κ2) is 4.63. The van der Waals surface area contributed by atoms with Gasteiger partial charge in [-0.2, -0.15) is 0 Å². The third-order valence-electron chi connectivity index (χ3n) is 2.05. The van der Waals surface area contributed by atoms with Crippen LogP contribution in [0, 0.1) is 0 Å². The maximum atomic E-state index is 6.05. The zero-order chi connectivity index (χ0) is 11.5. The second-order valence-electron chi connectivity index (χ2n) is 3.20. The van der Waals surface area contributed by atoms with Gasteiger partial charge in [0.05, 0.1) is 5.02 Å². The summed E-state index contributed by atoms with van der Waals surface area (Å²) in [6, 6.07) is 7.24. The third kappa shape index (κ3) is 2.23. The number of thiocarbonyl (C=S) groups is 1. The Hall–Kier alpha value is -1.39. The number of aromatic nitrogens is 1. The van der Waals surface area contributed by atoms with E-state index in [0.717, 1.165) is 5.39 Å². The van der Waals surface area contributed by atoms with Crippen molar-refractivity contribution in [3.05, 3.63) is 35.5 Å². The van der Waals surface area contributed by atoms with Crippen LogP contribution in [0.3, 0.4) is 0 Å². The molecule has 16 heavy (non-hydrogen) atoms. The number of hydrogen-bond donors (Lipinski definition) is 1. The Kier molecular flexibility index (Phi) is 3.22. The number of hydrogen-bond acceptors (Lipinski definition) is 3. The minimum absolute atomic E-state index is 0.197. The predicted molar refractivity (Wildman–Crippen MR) is 69.0 cm³/mol. The summed E-state index contributed by atoms with van der Waals surface area (Å²) >= 11 is 10.8. The molecule has 0 aliphatic heterocycles. The molecule has 0 aliphatic rings. The summed E-state index contributed by atoms with van der Waals surface area (Å²) in [5, 5.41) is 1.50. The standard InChI is InChI=1S/C11H9ClN2OS/c12-8-3-4-9(15-6-10(13)16)11-7(8)2-1-5-14-11/h1-5H,6H2,(H2,13,16). The molecule has 0 spiro atoms. The highest BCUT2D eigenvalue weighted by molar-refractivity contribution is 7.80. The van der Waals surface area contributed by atoms with Crippen molar-refractivity contribution in [3.63, 3.8) is 0 Å². The summed E-state index contributed by atoms with van der Waals surface area (Å²) in [6.07, 6.45) is 1.69. The zero-order valence-electron chi connectivity index (χ0n) is 8.31. The fourth-order valence-corrected chi connectivity index (χ4v) is 1.65. The molecule has 0 atom stereocenters. The van der Waals surface area contributed by atoms with E-state index < -0.39 is 0 Å². The van der Waals surface area contributed by atoms with Crippen molar-refractivity contribution in [2.45, 2.75) is 0 Å². The molecule has 2 N–H and O–H groups in total. The van der Waals surface area contributed by atoms with E-state index in [4.69, 9.17) is 34.3 Å². The van der Waals surface area contributed by atoms with Gasteiger partial charge in [0.15, 0.2) is 0 Å². The van der Waals surface area contributed by atoms with Gasteiger partial charge in [-0.1, -0.05) is 23.8 Å². The molecular weight excluding hydrogens is 244 g/mol. The largest absolute Gasteiger partial charge is 0.484 e. The van der Waals surface area contributed by atoms with E-state index in [0.29, 0.717) is 21.3 Å². The first-order valence-electron chi connectivity index (χ1n) is 4.63. The van der Waals surface area contributed by atoms with Crippen molar-refractivity contribution in [1.29, 1.82) is 0 Å². The van der Waals surface area contributed by atoms with Crippen LogP contribution in [0.1, 0.15) is 0 Å². The lowest BCUT2D eigenvalue weighted by molar-refractivity contribution is 0.381. The minimum atomic E-state index is 0.197. The molecular formula is C11H9ClN2OS. The highest BCUT2D eigenvalue weighted by Crippen LogP contribution is 2.29. The van der Waals surface area contributed by atoms with Crippen LogP contribution in [-0.2, 0) is 0 Å². The van der Waals surface area contributed by atoms with Gasteiger partial charge in [0.2, 0.25) is 0 Å². The van der Waals surface area contributed by atoms with Gasteiger partial charge < -0.3 is 10.5 Å². The summed E-state index contributed by atoms with van der Waals surface area (Å²) in [7, 11) is 0. The number of pyridine rings is 1. The summed E-state index contributed by atoms with van der Waals surface area (Å²) in [5.74, 6) is 0.632. The molecule has 1 aromatic carbocycles. The lowest BCUT2D eigenvalue weighted by atomic mass is 10.2. The fourth-order valence-electron chi connectivity index (χ4n) is 1.38. The second-order valence-corrected chi connectivity index (χ2v) is 4.13. The summed E-state index contributed by atoms with van der Waals surface area (Å²) in [5.41, 5.74) is 6.09. The molecule has 2 aromatic rings. The molecule has 0 amide bonds. The lowest BCUT2D eigenvalue weighted by Gasteiger charge is -2.08. The molecule has 5 heteroatoms. The van der Waals surface area contributed by atoms with E-state index in [9.17, 15) is 0 Å². The van der Waals surface area contributed by atoms with E-state index in [-0.39, 0.29) is 6.61 Å². The minimum Gasteiger partial charge on any atom is -0.484 e. The number of nitrogens with zero attached hydrogens (tertiary/aromatic N) is 1. The van der Waals surface area contributed by atoms with Crippen molar-refractivity contribution in [2.75, 3.05) is 6.61 Å². The summed E-state index contributed by atoms with van der Waals surface area (Å²) in [6.45, 7) is 0.197. The van der Waals surface area contributed by atoms with Crippen molar-refractivity contribution in [2.24, 2.45) is 5.73 Å². The molecule has 0 saturated heterocycles. The quantitative estimate of drug-likeness (QED) is 0.853. The Balaban J connectivity index is 2.46. The molecule has 0 saturated carbocycles. The average Bonchev–Trinajstić information content (AvgIpc) is 2.28. The van der Waals surface area contributed by atoms with Crippen LogP contribution in [-0.4, -0.2) is 16.6 Å². The number of nitrogens with two attached hydrogens (primary N) is 1. The Labute approximate surface area is 103 Å². The average molecular weight is 253 g/mol. The van der Waals surface area contributed by atoms with Crippen LogP contribution in [0.15, 0.2) is 30.5 Å². The number of rotatable bonds is 3. The number of halogens is 1. The van der Waals surface area contributed by atoms with Gasteiger partial charge in [-0.3, -0.25) is 4.98 Å². The molecule has 82 valence electrons. The van der Waals surface area contributed by atoms with Crippen molar-refractivity contribution in [1.82, 2.24) is 4.98 Å². The summed E-state index contributed by atoms with van der Waals surface area (Å²) in [4.78, 5) is 4.53. The molecule has 0 aliphatic carbocycles. The fraction of sp³-hybridized carbons (Fsp3) is 0.0909. The van der Waals surface area contributed by atoms with Crippen LogP contribution in [0.25, 0.3) is 10.9 Å². The van der Waals surface area contributed by atoms with Gasteiger partial charge in [0.1, 0.15) is 22.9 Å². The van der Waals surface area contributed by atoms with Crippen LogP contribution >= 0.6 is 23.8 Å². The van der Waals surface area contributed by atoms with Crippen molar-refractivity contribution >= 4 is 39.7 Å². The first-order valence-corrected chi connectivity index (χ1v) is 5.41. The van der Waals surface area contributed by atoms with Gasteiger partial charge >= 0.3 is 0 Å². The Morgan fingerprint density at radius 1 is 1.44 bits per heavy atom. The topological polar surface area (TPSA) is 48.1 Å². The summed E-state index contributed by atoms with van der Waals surface area (Å²) < 4.78 is 5.45. The molecule has 0 bridgehead atoms. The van der Waals surface area contributed by atoms with Crippen LogP contribution in [0.4, 0.5) is 0 Å². The molecule has 1 heterocycles. The molecule has 0 fully saturated rings. The zero-order valence-corrected chi connectivity index (χ0v) is 9.89. The molecule has 0 radical (unpaired) electrons. The third-order valence-corrected chi connectivity index (χ3v) is 2.50. The first kappa shape index (κ1) is 11.1. The molecule has 3 nitrogen and oxygen atoms in total. The Morgan fingerprint density at radius 2 is 2.25 bits per heavy atom. The maximum Gasteiger partial charge on any atom is 0.146 e. The van der Waals surface area contributed by atoms with E-state index in [2.05, 4.69) is 4.98 Å². The van der Waals surface area contributed by atoms with Crippen LogP contribution in [0.5, 0.6) is 5.75 Å². The predicted octanol–water partition coefficient (Wildman–Crippen LogP) is 2.55. The van der Waals surface area contributed by atoms with E-state index in [1.54, 1.807) is 18.3 Å². The number of ether oxygens (including phenoxy) is 1. The Bertz CT molecular complexity index is 544. The highest BCUT2D eigenvalue weighted by atomic mass is 35.5. The molecule has 1 aromatic heterocycles. The smallest absolute Gasteiger partial charge is 0.146 e. The van der Waals surface area contributed by atoms with E-state index in [1.165, 1.54) is 0 Å². The van der Waals surface area contributed by atoms with E-state index in [1.807, 2.05) is 12.1 Å². The van der Waals surface area contributed by atoms with Crippen molar-refractivity contribution in [3.8, 4) is 5.75 Å². The van der Waals surface area contributed by atoms with Gasteiger partial charge in [-0.25, -0.2) is 0 Å². The highest BCUT2D eigenvalue weighted by Gasteiger charge is 2.06. The van der Waals surface area contributed by atoms with E-state index >= 15 is 0 Å². The normalized spacial score (nSPS) is 10.3.